The van der Waals surface area contributed by atoms with E-state index in [0.717, 1.165) is 4.90 Å². The first-order valence-corrected chi connectivity index (χ1v) is 12.1. The topological polar surface area (TPSA) is 114 Å². The van der Waals surface area contributed by atoms with E-state index < -0.39 is 23.8 Å². The summed E-state index contributed by atoms with van der Waals surface area (Å²) >= 11 is 12.2. The molecule has 0 aliphatic carbocycles. The number of hydrogen-bond acceptors (Lipinski definition) is 6. The lowest BCUT2D eigenvalue weighted by Gasteiger charge is -2.26. The van der Waals surface area contributed by atoms with Crippen LogP contribution in [-0.2, 0) is 14.4 Å². The Labute approximate surface area is 227 Å². The van der Waals surface area contributed by atoms with Gasteiger partial charge in [0, 0.05) is 10.6 Å². The number of ether oxygens (including phenoxy) is 2. The molecule has 3 aromatic carbocycles. The Balaban J connectivity index is 1.57. The van der Waals surface area contributed by atoms with E-state index >= 15 is 0 Å². The Morgan fingerprint density at radius 1 is 1.00 bits per heavy atom. The van der Waals surface area contributed by atoms with Crippen molar-refractivity contribution < 1.29 is 28.7 Å². The number of nitrogens with zero attached hydrogens (tertiary/aromatic N) is 1. The van der Waals surface area contributed by atoms with Crippen LogP contribution in [0.3, 0.4) is 0 Å². The fourth-order valence-corrected chi connectivity index (χ4v) is 3.92. The van der Waals surface area contributed by atoms with Gasteiger partial charge in [-0.3, -0.25) is 19.7 Å². The molecule has 0 radical (unpaired) electrons. The van der Waals surface area contributed by atoms with Crippen molar-refractivity contribution in [2.24, 2.45) is 0 Å². The van der Waals surface area contributed by atoms with E-state index in [9.17, 15) is 19.2 Å². The molecule has 0 aromatic heterocycles. The SMILES string of the molecule is CCOc1ccc(N2C(=O)NC(=O)/C(=C\c3cc(Cl)ccc3OCC(=O)Nc3ccccc3Cl)C2=O)cc1. The highest BCUT2D eigenvalue weighted by molar-refractivity contribution is 6.39. The summed E-state index contributed by atoms with van der Waals surface area (Å²) in [4.78, 5) is 51.6. The summed E-state index contributed by atoms with van der Waals surface area (Å²) in [5, 5.41) is 5.47. The molecule has 1 aliphatic rings. The number of carbonyl (C=O) groups excluding carboxylic acids is 4. The van der Waals surface area contributed by atoms with Gasteiger partial charge in [-0.15, -0.1) is 0 Å². The first-order chi connectivity index (χ1) is 18.3. The third kappa shape index (κ3) is 6.13. The molecule has 2 N–H and O–H groups in total. The molecule has 3 aromatic rings. The molecule has 0 bridgehead atoms. The molecule has 0 saturated carbocycles. The second-order valence-electron chi connectivity index (χ2n) is 7.88. The second kappa shape index (κ2) is 11.8. The number of amides is 5. The average molecular weight is 554 g/mol. The molecule has 1 heterocycles. The zero-order valence-corrected chi connectivity index (χ0v) is 21.5. The van der Waals surface area contributed by atoms with Crippen LogP contribution >= 0.6 is 23.2 Å². The van der Waals surface area contributed by atoms with Crippen LogP contribution in [0.2, 0.25) is 10.0 Å². The number of hydrogen-bond donors (Lipinski definition) is 2. The van der Waals surface area contributed by atoms with Gasteiger partial charge in [-0.25, -0.2) is 9.69 Å². The zero-order valence-electron chi connectivity index (χ0n) is 20.0. The molecule has 194 valence electrons. The normalized spacial score (nSPS) is 14.3. The predicted molar refractivity (Wildman–Crippen MR) is 144 cm³/mol. The van der Waals surface area contributed by atoms with Crippen LogP contribution in [-0.4, -0.2) is 37.0 Å². The monoisotopic (exact) mass is 553 g/mol. The first kappa shape index (κ1) is 26.7. The van der Waals surface area contributed by atoms with E-state index in [1.165, 1.54) is 36.4 Å². The molecule has 4 rings (SSSR count). The van der Waals surface area contributed by atoms with Crippen molar-refractivity contribution in [2.45, 2.75) is 6.92 Å². The highest BCUT2D eigenvalue weighted by Crippen LogP contribution is 2.29. The zero-order chi connectivity index (χ0) is 27.2. The van der Waals surface area contributed by atoms with Gasteiger partial charge < -0.3 is 14.8 Å². The minimum absolute atomic E-state index is 0.182. The van der Waals surface area contributed by atoms with Crippen molar-refractivity contribution >= 4 is 64.4 Å². The Morgan fingerprint density at radius 2 is 1.74 bits per heavy atom. The van der Waals surface area contributed by atoms with Gasteiger partial charge in [0.1, 0.15) is 17.1 Å². The number of anilines is 2. The Kier molecular flexibility index (Phi) is 8.30. The van der Waals surface area contributed by atoms with Crippen molar-refractivity contribution in [3.63, 3.8) is 0 Å². The summed E-state index contributed by atoms with van der Waals surface area (Å²) in [5.41, 5.74) is 0.589. The quantitative estimate of drug-likeness (QED) is 0.297. The van der Waals surface area contributed by atoms with Gasteiger partial charge in [-0.2, -0.15) is 0 Å². The van der Waals surface area contributed by atoms with E-state index in [1.54, 1.807) is 36.4 Å². The van der Waals surface area contributed by atoms with Crippen LogP contribution < -0.4 is 25.0 Å². The van der Waals surface area contributed by atoms with Crippen molar-refractivity contribution in [3.8, 4) is 11.5 Å². The fraction of sp³-hybridized carbons (Fsp3) is 0.111. The Bertz CT molecular complexity index is 1440. The van der Waals surface area contributed by atoms with Crippen LogP contribution in [0.15, 0.2) is 72.3 Å². The minimum Gasteiger partial charge on any atom is -0.494 e. The van der Waals surface area contributed by atoms with E-state index in [-0.39, 0.29) is 29.2 Å². The van der Waals surface area contributed by atoms with E-state index in [4.69, 9.17) is 32.7 Å². The summed E-state index contributed by atoms with van der Waals surface area (Å²) in [6.45, 7) is 1.90. The molecule has 9 nitrogen and oxygen atoms in total. The Hall–Kier alpha value is -4.34. The van der Waals surface area contributed by atoms with Crippen LogP contribution in [0.1, 0.15) is 12.5 Å². The molecule has 0 unspecified atom stereocenters. The third-order valence-corrected chi connectivity index (χ3v) is 5.85. The molecule has 0 spiro atoms. The summed E-state index contributed by atoms with van der Waals surface area (Å²) < 4.78 is 11.0. The molecule has 1 aliphatic heterocycles. The number of benzene rings is 3. The van der Waals surface area contributed by atoms with Gasteiger partial charge in [0.05, 0.1) is 23.0 Å². The third-order valence-electron chi connectivity index (χ3n) is 5.29. The lowest BCUT2D eigenvalue weighted by atomic mass is 10.1. The van der Waals surface area contributed by atoms with Crippen molar-refractivity contribution in [1.82, 2.24) is 5.32 Å². The number of nitrogens with one attached hydrogen (secondary N) is 2. The number of barbiturate groups is 1. The summed E-state index contributed by atoms with van der Waals surface area (Å²) in [7, 11) is 0. The second-order valence-corrected chi connectivity index (χ2v) is 8.73. The number of carbonyl (C=O) groups is 4. The number of urea groups is 1. The number of para-hydroxylation sites is 1. The number of halogens is 2. The molecule has 0 atom stereocenters. The van der Waals surface area contributed by atoms with Crippen LogP contribution in [0.5, 0.6) is 11.5 Å². The maximum Gasteiger partial charge on any atom is 0.335 e. The summed E-state index contributed by atoms with van der Waals surface area (Å²) in [6.07, 6.45) is 1.25. The van der Waals surface area contributed by atoms with E-state index in [1.807, 2.05) is 6.92 Å². The number of imide groups is 2. The summed E-state index contributed by atoms with van der Waals surface area (Å²) in [5.74, 6) is -1.46. The highest BCUT2D eigenvalue weighted by Gasteiger charge is 2.37. The molecular weight excluding hydrogens is 533 g/mol. The maximum absolute atomic E-state index is 13.3. The van der Waals surface area contributed by atoms with E-state index in [2.05, 4.69) is 10.6 Å². The first-order valence-electron chi connectivity index (χ1n) is 11.4. The average Bonchev–Trinajstić information content (AvgIpc) is 2.88. The van der Waals surface area contributed by atoms with Crippen molar-refractivity contribution in [3.05, 3.63) is 87.9 Å². The Morgan fingerprint density at radius 3 is 2.45 bits per heavy atom. The van der Waals surface area contributed by atoms with Crippen LogP contribution in [0.25, 0.3) is 6.08 Å². The molecule has 1 saturated heterocycles. The molecule has 11 heteroatoms. The molecule has 5 amide bonds. The van der Waals surface area contributed by atoms with E-state index in [0.29, 0.717) is 28.1 Å². The van der Waals surface area contributed by atoms with Crippen molar-refractivity contribution in [1.29, 1.82) is 0 Å². The van der Waals surface area contributed by atoms with Gasteiger partial charge in [-0.05, 0) is 67.6 Å². The van der Waals surface area contributed by atoms with Crippen LogP contribution in [0.4, 0.5) is 16.2 Å². The van der Waals surface area contributed by atoms with Gasteiger partial charge >= 0.3 is 6.03 Å². The fourth-order valence-electron chi connectivity index (χ4n) is 3.56. The van der Waals surface area contributed by atoms with Gasteiger partial charge in [0.25, 0.3) is 17.7 Å². The molecule has 38 heavy (non-hydrogen) atoms. The van der Waals surface area contributed by atoms with Crippen LogP contribution in [0, 0.1) is 0 Å². The number of rotatable bonds is 8. The summed E-state index contributed by atoms with van der Waals surface area (Å²) in [6, 6.07) is 16.6. The van der Waals surface area contributed by atoms with Gasteiger partial charge in [0.2, 0.25) is 0 Å². The smallest absolute Gasteiger partial charge is 0.335 e. The highest BCUT2D eigenvalue weighted by atomic mass is 35.5. The largest absolute Gasteiger partial charge is 0.494 e. The minimum atomic E-state index is -0.889. The maximum atomic E-state index is 13.3. The van der Waals surface area contributed by atoms with Gasteiger partial charge in [-0.1, -0.05) is 35.3 Å². The standard InChI is InChI=1S/C27H21Cl2N3O6/c1-2-37-19-10-8-18(9-11-19)32-26(35)20(25(34)31-27(32)36)14-16-13-17(28)7-12-23(16)38-15-24(33)30-22-6-4-3-5-21(22)29/h3-14H,2,15H2,1H3,(H,30,33)(H,31,34,36)/b20-14+. The predicted octanol–water partition coefficient (Wildman–Crippen LogP) is 5.08. The van der Waals surface area contributed by atoms with Gasteiger partial charge in [0.15, 0.2) is 6.61 Å². The molecular formula is C27H21Cl2N3O6. The van der Waals surface area contributed by atoms with Crippen molar-refractivity contribution in [2.75, 3.05) is 23.4 Å². The lowest BCUT2D eigenvalue weighted by Crippen LogP contribution is -2.54. The lowest BCUT2D eigenvalue weighted by molar-refractivity contribution is -0.122. The molecule has 1 fully saturated rings.